The van der Waals surface area contributed by atoms with Gasteiger partial charge in [0.1, 0.15) is 0 Å². The Balaban J connectivity index is 1.64. The van der Waals surface area contributed by atoms with E-state index in [1.54, 1.807) is 12.1 Å². The van der Waals surface area contributed by atoms with Gasteiger partial charge in [0.2, 0.25) is 0 Å². The maximum Gasteiger partial charge on any atom is 0.166 e. The summed E-state index contributed by atoms with van der Waals surface area (Å²) in [5, 5.41) is 1.00. The number of hydrogen-bond donors (Lipinski definition) is 0. The topological polar surface area (TPSA) is 0 Å². The maximum atomic E-state index is 13.9. The Hall–Kier alpha value is -3.00. The Kier molecular flexibility index (Phi) is 4.72. The van der Waals surface area contributed by atoms with Crippen LogP contribution in [-0.4, -0.2) is 0 Å². The van der Waals surface area contributed by atoms with Crippen LogP contribution in [0.2, 0.25) is 0 Å². The van der Waals surface area contributed by atoms with Crippen LogP contribution in [0, 0.1) is 11.6 Å². The van der Waals surface area contributed by atoms with Gasteiger partial charge in [0.05, 0.1) is 0 Å². The Morgan fingerprint density at radius 3 is 1.81 bits per heavy atom. The molecule has 0 heterocycles. The van der Waals surface area contributed by atoms with Crippen LogP contribution in [0.4, 0.5) is 8.78 Å². The van der Waals surface area contributed by atoms with Gasteiger partial charge in [-0.25, -0.2) is 8.78 Å². The molecule has 0 aliphatic carbocycles. The second-order valence-corrected chi connectivity index (χ2v) is 6.82. The summed E-state index contributed by atoms with van der Waals surface area (Å²) in [5.41, 5.74) is 5.75. The highest BCUT2D eigenvalue weighted by atomic mass is 19.2. The first-order valence-corrected chi connectivity index (χ1v) is 9.23. The Labute approximate surface area is 158 Å². The number of fused-ring (bicyclic) bond motifs is 1. The van der Waals surface area contributed by atoms with Gasteiger partial charge in [-0.05, 0) is 51.8 Å². The minimum atomic E-state index is -0.815. The molecule has 4 aromatic carbocycles. The summed E-state index contributed by atoms with van der Waals surface area (Å²) in [7, 11) is 0. The molecule has 0 bridgehead atoms. The van der Waals surface area contributed by atoms with Crippen molar-refractivity contribution >= 4 is 10.8 Å². The molecule has 4 rings (SSSR count). The molecule has 0 saturated carbocycles. The first-order chi connectivity index (χ1) is 13.2. The van der Waals surface area contributed by atoms with Crippen LogP contribution in [-0.2, 0) is 6.42 Å². The molecule has 27 heavy (non-hydrogen) atoms. The first kappa shape index (κ1) is 17.4. The van der Waals surface area contributed by atoms with Gasteiger partial charge in [-0.2, -0.15) is 0 Å². The molecule has 134 valence electrons. The highest BCUT2D eigenvalue weighted by molar-refractivity contribution is 5.88. The average molecular weight is 358 g/mol. The molecule has 0 aliphatic heterocycles. The standard InChI is InChI=1S/C25H20F2/c1-2-3-17-4-6-18(7-5-17)19-8-10-20(11-9-19)21-12-14-23-22(16-21)13-15-24(26)25(23)27/h4-16H,2-3H2,1H3. The van der Waals surface area contributed by atoms with Crippen molar-refractivity contribution in [2.45, 2.75) is 19.8 Å². The zero-order valence-electron chi connectivity index (χ0n) is 15.2. The number of benzene rings is 4. The number of rotatable bonds is 4. The molecule has 0 aliphatic rings. The average Bonchev–Trinajstić information content (AvgIpc) is 2.72. The molecule has 0 spiro atoms. The van der Waals surface area contributed by atoms with Crippen LogP contribution in [0.3, 0.4) is 0 Å². The third-order valence-electron chi connectivity index (χ3n) is 4.95. The number of hydrogen-bond acceptors (Lipinski definition) is 0. The summed E-state index contributed by atoms with van der Waals surface area (Å²) in [5.74, 6) is -1.61. The van der Waals surface area contributed by atoms with E-state index in [4.69, 9.17) is 0 Å². The molecule has 0 nitrogen and oxygen atoms in total. The van der Waals surface area contributed by atoms with E-state index in [0.717, 1.165) is 29.5 Å². The maximum absolute atomic E-state index is 13.9. The lowest BCUT2D eigenvalue weighted by Crippen LogP contribution is -1.87. The zero-order valence-corrected chi connectivity index (χ0v) is 15.2. The van der Waals surface area contributed by atoms with Crippen molar-refractivity contribution in [2.75, 3.05) is 0 Å². The van der Waals surface area contributed by atoms with Crippen LogP contribution in [0.25, 0.3) is 33.0 Å². The molecule has 0 fully saturated rings. The van der Waals surface area contributed by atoms with E-state index in [1.807, 2.05) is 12.1 Å². The summed E-state index contributed by atoms with van der Waals surface area (Å²) in [6, 6.07) is 25.2. The number of aryl methyl sites for hydroxylation is 1. The fourth-order valence-electron chi connectivity index (χ4n) is 3.45. The lowest BCUT2D eigenvalue weighted by atomic mass is 9.97. The summed E-state index contributed by atoms with van der Waals surface area (Å²) < 4.78 is 27.2. The lowest BCUT2D eigenvalue weighted by Gasteiger charge is -2.08. The van der Waals surface area contributed by atoms with Crippen molar-refractivity contribution in [3.8, 4) is 22.3 Å². The van der Waals surface area contributed by atoms with Gasteiger partial charge in [-0.3, -0.25) is 0 Å². The Morgan fingerprint density at radius 2 is 1.19 bits per heavy atom. The normalized spacial score (nSPS) is 11.1. The van der Waals surface area contributed by atoms with E-state index in [0.29, 0.717) is 10.8 Å². The first-order valence-electron chi connectivity index (χ1n) is 9.23. The second kappa shape index (κ2) is 7.32. The van der Waals surface area contributed by atoms with Gasteiger partial charge in [0.15, 0.2) is 11.6 Å². The van der Waals surface area contributed by atoms with Crippen molar-refractivity contribution in [2.24, 2.45) is 0 Å². The van der Waals surface area contributed by atoms with E-state index in [1.165, 1.54) is 17.2 Å². The van der Waals surface area contributed by atoms with E-state index < -0.39 is 11.6 Å². The lowest BCUT2D eigenvalue weighted by molar-refractivity contribution is 0.517. The summed E-state index contributed by atoms with van der Waals surface area (Å²) in [6.45, 7) is 2.18. The minimum Gasteiger partial charge on any atom is -0.204 e. The molecular formula is C25H20F2. The predicted octanol–water partition coefficient (Wildman–Crippen LogP) is 7.40. The van der Waals surface area contributed by atoms with E-state index in [9.17, 15) is 8.78 Å². The third-order valence-corrected chi connectivity index (χ3v) is 4.95. The molecule has 0 N–H and O–H groups in total. The fourth-order valence-corrected chi connectivity index (χ4v) is 3.45. The van der Waals surface area contributed by atoms with Crippen LogP contribution in [0.5, 0.6) is 0 Å². The zero-order chi connectivity index (χ0) is 18.8. The third kappa shape index (κ3) is 3.48. The monoisotopic (exact) mass is 358 g/mol. The fraction of sp³-hybridized carbons (Fsp3) is 0.120. The van der Waals surface area contributed by atoms with Gasteiger partial charge in [-0.15, -0.1) is 0 Å². The molecule has 4 aromatic rings. The van der Waals surface area contributed by atoms with Crippen LogP contribution in [0.1, 0.15) is 18.9 Å². The summed E-state index contributed by atoms with van der Waals surface area (Å²) in [4.78, 5) is 0. The van der Waals surface area contributed by atoms with Crippen LogP contribution in [0.15, 0.2) is 78.9 Å². The quantitative estimate of drug-likeness (QED) is 0.356. The molecule has 0 amide bonds. The van der Waals surface area contributed by atoms with Crippen LogP contribution < -0.4 is 0 Å². The highest BCUT2D eigenvalue weighted by Crippen LogP contribution is 2.29. The molecule has 0 atom stereocenters. The van der Waals surface area contributed by atoms with Crippen molar-refractivity contribution < 1.29 is 8.78 Å². The predicted molar refractivity (Wildman–Crippen MR) is 109 cm³/mol. The van der Waals surface area contributed by atoms with Gasteiger partial charge in [0.25, 0.3) is 0 Å². The molecule has 0 saturated heterocycles. The highest BCUT2D eigenvalue weighted by Gasteiger charge is 2.08. The van der Waals surface area contributed by atoms with Crippen molar-refractivity contribution in [3.05, 3.63) is 96.1 Å². The smallest absolute Gasteiger partial charge is 0.166 e. The molecule has 2 heteroatoms. The Bertz CT molecular complexity index is 1080. The van der Waals surface area contributed by atoms with E-state index in [-0.39, 0.29) is 0 Å². The summed E-state index contributed by atoms with van der Waals surface area (Å²) in [6.07, 6.45) is 2.25. The van der Waals surface area contributed by atoms with Crippen molar-refractivity contribution in [1.82, 2.24) is 0 Å². The molecule has 0 radical (unpaired) electrons. The Morgan fingerprint density at radius 1 is 0.630 bits per heavy atom. The molecule has 0 unspecified atom stereocenters. The molecule has 0 aromatic heterocycles. The van der Waals surface area contributed by atoms with E-state index in [2.05, 4.69) is 55.5 Å². The van der Waals surface area contributed by atoms with Crippen LogP contribution >= 0.6 is 0 Å². The van der Waals surface area contributed by atoms with Crippen molar-refractivity contribution in [3.63, 3.8) is 0 Å². The van der Waals surface area contributed by atoms with Gasteiger partial charge in [-0.1, -0.05) is 80.1 Å². The van der Waals surface area contributed by atoms with Gasteiger partial charge in [0, 0.05) is 5.39 Å². The summed E-state index contributed by atoms with van der Waals surface area (Å²) >= 11 is 0. The van der Waals surface area contributed by atoms with Gasteiger partial charge >= 0.3 is 0 Å². The second-order valence-electron chi connectivity index (χ2n) is 6.82. The SMILES string of the molecule is CCCc1ccc(-c2ccc(-c3ccc4c(F)c(F)ccc4c3)cc2)cc1. The van der Waals surface area contributed by atoms with Gasteiger partial charge < -0.3 is 0 Å². The molecular weight excluding hydrogens is 338 g/mol. The number of halogens is 2. The minimum absolute atomic E-state index is 0.308. The largest absolute Gasteiger partial charge is 0.204 e. The van der Waals surface area contributed by atoms with E-state index >= 15 is 0 Å². The van der Waals surface area contributed by atoms with Crippen molar-refractivity contribution in [1.29, 1.82) is 0 Å².